The van der Waals surface area contributed by atoms with Crippen molar-refractivity contribution in [3.8, 4) is 0 Å². The van der Waals surface area contributed by atoms with E-state index in [0.717, 1.165) is 26.3 Å². The van der Waals surface area contributed by atoms with E-state index in [2.05, 4.69) is 43.9 Å². The highest BCUT2D eigenvalue weighted by Crippen LogP contribution is 2.23. The molecule has 0 aromatic heterocycles. The van der Waals surface area contributed by atoms with Gasteiger partial charge in [-0.15, -0.1) is 0 Å². The minimum atomic E-state index is 0.283. The molecular weight excluding hydrogens is 236 g/mol. The van der Waals surface area contributed by atoms with Gasteiger partial charge >= 0.3 is 0 Å². The number of benzene rings is 1. The maximum atomic E-state index is 6.01. The normalized spacial score (nSPS) is 12.9. The number of aryl methyl sites for hydroxylation is 2. The fourth-order valence-electron chi connectivity index (χ4n) is 2.53. The first-order chi connectivity index (χ1) is 9.13. The summed E-state index contributed by atoms with van der Waals surface area (Å²) in [5.74, 6) is 0. The van der Waals surface area contributed by atoms with Crippen LogP contribution in [0.25, 0.3) is 0 Å². The van der Waals surface area contributed by atoms with Crippen LogP contribution in [0.1, 0.15) is 36.6 Å². The highest BCUT2D eigenvalue weighted by atomic mass is 16.5. The van der Waals surface area contributed by atoms with Gasteiger partial charge in [0.15, 0.2) is 0 Å². The molecule has 0 aliphatic carbocycles. The molecule has 0 aliphatic rings. The third-order valence-electron chi connectivity index (χ3n) is 3.58. The van der Waals surface area contributed by atoms with Crippen LogP contribution in [0.2, 0.25) is 0 Å². The molecule has 1 unspecified atom stereocenters. The molecule has 0 fully saturated rings. The number of hydrogen-bond acceptors (Lipinski definition) is 3. The Hall–Kier alpha value is -0.900. The van der Waals surface area contributed by atoms with E-state index in [4.69, 9.17) is 10.5 Å². The number of hydrogen-bond donors (Lipinski definition) is 1. The summed E-state index contributed by atoms with van der Waals surface area (Å²) >= 11 is 0. The van der Waals surface area contributed by atoms with Crippen LogP contribution in [0.4, 0.5) is 0 Å². The lowest BCUT2D eigenvalue weighted by molar-refractivity contribution is 0.0979. The molecule has 0 saturated carbocycles. The topological polar surface area (TPSA) is 38.5 Å². The van der Waals surface area contributed by atoms with Crippen molar-refractivity contribution < 1.29 is 4.74 Å². The summed E-state index contributed by atoms with van der Waals surface area (Å²) in [6.07, 6.45) is 0. The lowest BCUT2D eigenvalue weighted by Gasteiger charge is -2.31. The van der Waals surface area contributed by atoms with Gasteiger partial charge in [0, 0.05) is 25.7 Å². The Balaban J connectivity index is 2.84. The van der Waals surface area contributed by atoms with Gasteiger partial charge < -0.3 is 10.5 Å². The van der Waals surface area contributed by atoms with Crippen LogP contribution in [0.5, 0.6) is 0 Å². The van der Waals surface area contributed by atoms with E-state index in [-0.39, 0.29) is 6.04 Å². The molecule has 2 N–H and O–H groups in total. The summed E-state index contributed by atoms with van der Waals surface area (Å²) in [5.41, 5.74) is 9.97. The van der Waals surface area contributed by atoms with Gasteiger partial charge in [0.05, 0.1) is 6.61 Å². The van der Waals surface area contributed by atoms with Crippen LogP contribution in [-0.4, -0.2) is 37.7 Å². The van der Waals surface area contributed by atoms with E-state index in [1.807, 2.05) is 6.92 Å². The molecule has 1 aromatic carbocycles. The lowest BCUT2D eigenvalue weighted by atomic mass is 9.98. The number of nitrogens with zero attached hydrogens (tertiary/aromatic N) is 1. The first-order valence-corrected chi connectivity index (χ1v) is 7.23. The highest BCUT2D eigenvalue weighted by Gasteiger charge is 2.19. The van der Waals surface area contributed by atoms with Gasteiger partial charge in [-0.25, -0.2) is 0 Å². The Morgan fingerprint density at radius 2 is 2.00 bits per heavy atom. The highest BCUT2D eigenvalue weighted by molar-refractivity contribution is 5.33. The van der Waals surface area contributed by atoms with Gasteiger partial charge in [0.25, 0.3) is 0 Å². The Morgan fingerprint density at radius 1 is 1.26 bits per heavy atom. The van der Waals surface area contributed by atoms with Gasteiger partial charge in [-0.1, -0.05) is 30.7 Å². The first-order valence-electron chi connectivity index (χ1n) is 7.23. The summed E-state index contributed by atoms with van der Waals surface area (Å²) in [5, 5.41) is 0. The number of ether oxygens (including phenoxy) is 1. The predicted octanol–water partition coefficient (Wildman–Crippen LogP) is 2.66. The molecule has 0 radical (unpaired) electrons. The van der Waals surface area contributed by atoms with E-state index in [9.17, 15) is 0 Å². The molecule has 0 heterocycles. The van der Waals surface area contributed by atoms with Crippen molar-refractivity contribution in [3.63, 3.8) is 0 Å². The molecule has 1 rings (SSSR count). The fourth-order valence-corrected chi connectivity index (χ4v) is 2.53. The maximum absolute atomic E-state index is 6.01. The minimum absolute atomic E-state index is 0.283. The van der Waals surface area contributed by atoms with Crippen molar-refractivity contribution in [2.24, 2.45) is 5.73 Å². The summed E-state index contributed by atoms with van der Waals surface area (Å²) in [7, 11) is 0. The molecule has 0 aliphatic heterocycles. The average molecular weight is 264 g/mol. The van der Waals surface area contributed by atoms with Crippen molar-refractivity contribution in [2.75, 3.05) is 32.8 Å². The van der Waals surface area contributed by atoms with E-state index < -0.39 is 0 Å². The zero-order valence-electron chi connectivity index (χ0n) is 12.8. The first kappa shape index (κ1) is 16.2. The molecule has 0 amide bonds. The molecular formula is C16H28N2O. The van der Waals surface area contributed by atoms with Crippen LogP contribution in [0, 0.1) is 13.8 Å². The molecule has 0 saturated heterocycles. The third kappa shape index (κ3) is 4.60. The molecule has 0 bridgehead atoms. The second-order valence-electron chi connectivity index (χ2n) is 4.94. The van der Waals surface area contributed by atoms with Crippen LogP contribution >= 0.6 is 0 Å². The van der Waals surface area contributed by atoms with Crippen molar-refractivity contribution in [1.29, 1.82) is 0 Å². The molecule has 3 heteroatoms. The Bertz CT molecular complexity index is 379. The van der Waals surface area contributed by atoms with Crippen molar-refractivity contribution in [3.05, 3.63) is 34.9 Å². The van der Waals surface area contributed by atoms with Crippen LogP contribution < -0.4 is 5.73 Å². The summed E-state index contributed by atoms with van der Waals surface area (Å²) < 4.78 is 5.46. The van der Waals surface area contributed by atoms with E-state index in [1.165, 1.54) is 16.7 Å². The van der Waals surface area contributed by atoms with Gasteiger partial charge in [-0.05, 0) is 38.4 Å². The molecule has 1 atom stereocenters. The number of rotatable bonds is 8. The lowest BCUT2D eigenvalue weighted by Crippen LogP contribution is -2.36. The molecule has 0 spiro atoms. The fraction of sp³-hybridized carbons (Fsp3) is 0.625. The van der Waals surface area contributed by atoms with Gasteiger partial charge in [0.2, 0.25) is 0 Å². The smallest absolute Gasteiger partial charge is 0.0593 e. The predicted molar refractivity (Wildman–Crippen MR) is 81.5 cm³/mol. The molecule has 1 aromatic rings. The molecule has 19 heavy (non-hydrogen) atoms. The van der Waals surface area contributed by atoms with E-state index in [0.29, 0.717) is 6.54 Å². The summed E-state index contributed by atoms with van der Waals surface area (Å²) in [6, 6.07) is 6.90. The third-order valence-corrected chi connectivity index (χ3v) is 3.58. The maximum Gasteiger partial charge on any atom is 0.0593 e. The standard InChI is InChI=1S/C16H28N2O/c1-5-18(9-10-19-6-2)16(12-17)15-8-7-13(3)11-14(15)4/h7-8,11,16H,5-6,9-10,12,17H2,1-4H3. The monoisotopic (exact) mass is 264 g/mol. The molecule has 3 nitrogen and oxygen atoms in total. The van der Waals surface area contributed by atoms with Crippen LogP contribution in [0.15, 0.2) is 18.2 Å². The van der Waals surface area contributed by atoms with Crippen molar-refractivity contribution in [2.45, 2.75) is 33.7 Å². The summed E-state index contributed by atoms with van der Waals surface area (Å²) in [6.45, 7) is 12.6. The Morgan fingerprint density at radius 3 is 2.53 bits per heavy atom. The average Bonchev–Trinajstić information content (AvgIpc) is 2.39. The van der Waals surface area contributed by atoms with Gasteiger partial charge in [0.1, 0.15) is 0 Å². The minimum Gasteiger partial charge on any atom is -0.380 e. The number of likely N-dealkylation sites (N-methyl/N-ethyl adjacent to an activating group) is 1. The largest absolute Gasteiger partial charge is 0.380 e. The second kappa shape index (κ2) is 8.31. The number of nitrogens with two attached hydrogens (primary N) is 1. The van der Waals surface area contributed by atoms with Crippen LogP contribution in [0.3, 0.4) is 0 Å². The van der Waals surface area contributed by atoms with Crippen LogP contribution in [-0.2, 0) is 4.74 Å². The Labute approximate surface area is 117 Å². The zero-order valence-corrected chi connectivity index (χ0v) is 12.8. The summed E-state index contributed by atoms with van der Waals surface area (Å²) in [4.78, 5) is 2.40. The zero-order chi connectivity index (χ0) is 14.3. The van der Waals surface area contributed by atoms with Crippen molar-refractivity contribution in [1.82, 2.24) is 4.90 Å². The Kier molecular flexibility index (Phi) is 7.06. The second-order valence-corrected chi connectivity index (χ2v) is 4.94. The quantitative estimate of drug-likeness (QED) is 0.734. The van der Waals surface area contributed by atoms with Gasteiger partial charge in [-0.2, -0.15) is 0 Å². The SMILES string of the molecule is CCOCCN(CC)C(CN)c1ccc(C)cc1C. The van der Waals surface area contributed by atoms with Crippen molar-refractivity contribution >= 4 is 0 Å². The van der Waals surface area contributed by atoms with Gasteiger partial charge in [-0.3, -0.25) is 4.90 Å². The van der Waals surface area contributed by atoms with E-state index in [1.54, 1.807) is 0 Å². The van der Waals surface area contributed by atoms with E-state index >= 15 is 0 Å². The molecule has 108 valence electrons.